The van der Waals surface area contributed by atoms with E-state index in [1.807, 2.05) is 5.32 Å². The molecule has 0 aliphatic heterocycles. The summed E-state index contributed by atoms with van der Waals surface area (Å²) < 4.78 is 11.9. The smallest absolute Gasteiger partial charge is 0.319 e. The summed E-state index contributed by atoms with van der Waals surface area (Å²) in [6.07, 6.45) is 1.27. The van der Waals surface area contributed by atoms with Crippen molar-refractivity contribution in [2.75, 3.05) is 6.61 Å². The van der Waals surface area contributed by atoms with E-state index in [1.54, 1.807) is 37.3 Å². The number of nitro groups is 1. The summed E-state index contributed by atoms with van der Waals surface area (Å²) in [5.41, 5.74) is 5.70. The molecule has 160 valence electrons. The van der Waals surface area contributed by atoms with Crippen LogP contribution in [0.1, 0.15) is 18.1 Å². The van der Waals surface area contributed by atoms with E-state index in [0.717, 1.165) is 0 Å². The number of rotatable bonds is 8. The number of ether oxygens (including phenoxy) is 2. The van der Waals surface area contributed by atoms with Crippen LogP contribution >= 0.6 is 15.9 Å². The lowest BCUT2D eigenvalue weighted by atomic mass is 10.1. The Bertz CT molecular complexity index is 1080. The lowest BCUT2D eigenvalue weighted by Crippen LogP contribution is -2.35. The Morgan fingerprint density at radius 1 is 1.29 bits per heavy atom. The van der Waals surface area contributed by atoms with E-state index < -0.39 is 16.9 Å². The highest BCUT2D eigenvalue weighted by atomic mass is 79.9. The van der Waals surface area contributed by atoms with Gasteiger partial charge in [-0.05, 0) is 64.3 Å². The molecule has 2 rings (SSSR count). The Morgan fingerprint density at radius 3 is 2.52 bits per heavy atom. The topological polar surface area (TPSA) is 158 Å². The number of imide groups is 1. The van der Waals surface area contributed by atoms with Gasteiger partial charge in [-0.25, -0.2) is 4.79 Å². The summed E-state index contributed by atoms with van der Waals surface area (Å²) in [6, 6.07) is 9.73. The molecule has 0 saturated carbocycles. The van der Waals surface area contributed by atoms with Crippen molar-refractivity contribution in [1.29, 1.82) is 5.26 Å². The van der Waals surface area contributed by atoms with Crippen LogP contribution in [0, 0.1) is 21.4 Å². The second-order valence-electron chi connectivity index (χ2n) is 5.96. The van der Waals surface area contributed by atoms with Crippen LogP contribution in [-0.4, -0.2) is 23.5 Å². The van der Waals surface area contributed by atoms with Crippen LogP contribution in [0.15, 0.2) is 46.4 Å². The number of halogens is 1. The number of carbonyl (C=O) groups excluding carboxylic acids is 2. The third-order valence-corrected chi connectivity index (χ3v) is 4.36. The zero-order valence-corrected chi connectivity index (χ0v) is 17.8. The predicted molar refractivity (Wildman–Crippen MR) is 114 cm³/mol. The van der Waals surface area contributed by atoms with Crippen LogP contribution in [0.4, 0.5) is 10.5 Å². The molecule has 0 aromatic heterocycles. The lowest BCUT2D eigenvalue weighted by Gasteiger charge is -2.15. The predicted octanol–water partition coefficient (Wildman–Crippen LogP) is 3.44. The summed E-state index contributed by atoms with van der Waals surface area (Å²) in [7, 11) is 0. The first-order valence-electron chi connectivity index (χ1n) is 8.80. The molecule has 3 N–H and O–H groups in total. The van der Waals surface area contributed by atoms with Gasteiger partial charge in [0.1, 0.15) is 18.2 Å². The minimum atomic E-state index is -1.07. The summed E-state index contributed by atoms with van der Waals surface area (Å²) in [5, 5.41) is 21.8. The largest absolute Gasteiger partial charge is 0.490 e. The van der Waals surface area contributed by atoms with Gasteiger partial charge in [-0.15, -0.1) is 0 Å². The fourth-order valence-electron chi connectivity index (χ4n) is 2.44. The van der Waals surface area contributed by atoms with E-state index in [4.69, 9.17) is 15.2 Å². The number of nitrogens with zero attached hydrogens (tertiary/aromatic N) is 2. The number of hydrogen-bond donors (Lipinski definition) is 2. The van der Waals surface area contributed by atoms with Crippen molar-refractivity contribution in [3.8, 4) is 17.6 Å². The third kappa shape index (κ3) is 6.55. The zero-order valence-electron chi connectivity index (χ0n) is 16.3. The molecular formula is C20H17BrN4O6. The van der Waals surface area contributed by atoms with E-state index in [1.165, 1.54) is 18.2 Å². The molecule has 0 heterocycles. The van der Waals surface area contributed by atoms with Gasteiger partial charge >= 0.3 is 6.03 Å². The van der Waals surface area contributed by atoms with Crippen molar-refractivity contribution in [3.05, 3.63) is 67.7 Å². The number of primary amides is 1. The van der Waals surface area contributed by atoms with Crippen molar-refractivity contribution in [1.82, 2.24) is 5.32 Å². The number of carbonyl (C=O) groups is 2. The quantitative estimate of drug-likeness (QED) is 0.249. The van der Waals surface area contributed by atoms with Crippen LogP contribution in [0.3, 0.4) is 0 Å². The molecule has 11 heteroatoms. The van der Waals surface area contributed by atoms with Crippen LogP contribution < -0.4 is 20.5 Å². The van der Waals surface area contributed by atoms with E-state index in [-0.39, 0.29) is 17.9 Å². The molecule has 31 heavy (non-hydrogen) atoms. The molecule has 0 unspecified atom stereocenters. The fourth-order valence-corrected chi connectivity index (χ4v) is 3.01. The van der Waals surface area contributed by atoms with E-state index >= 15 is 0 Å². The van der Waals surface area contributed by atoms with Crippen molar-refractivity contribution in [3.63, 3.8) is 0 Å². The molecule has 3 amide bonds. The van der Waals surface area contributed by atoms with Gasteiger partial charge in [-0.3, -0.25) is 20.2 Å². The summed E-state index contributed by atoms with van der Waals surface area (Å²) in [5.74, 6) is -0.210. The normalized spacial score (nSPS) is 10.7. The minimum Gasteiger partial charge on any atom is -0.490 e. The minimum absolute atomic E-state index is 0.0234. The number of benzene rings is 2. The fraction of sp³-hybridized carbons (Fsp3) is 0.150. The molecule has 0 spiro atoms. The van der Waals surface area contributed by atoms with Gasteiger partial charge < -0.3 is 15.2 Å². The highest BCUT2D eigenvalue weighted by Crippen LogP contribution is 2.38. The maximum absolute atomic E-state index is 11.9. The number of nitrogens with one attached hydrogen (secondary N) is 1. The molecule has 0 aliphatic rings. The van der Waals surface area contributed by atoms with Crippen molar-refractivity contribution in [2.24, 2.45) is 5.73 Å². The molecule has 0 radical (unpaired) electrons. The Labute approximate surface area is 185 Å². The molecule has 2 aromatic rings. The van der Waals surface area contributed by atoms with Gasteiger partial charge in [-0.1, -0.05) is 0 Å². The summed E-state index contributed by atoms with van der Waals surface area (Å²) in [6.45, 7) is 2.22. The SMILES string of the molecule is CCOc1cc(/C=C(/C#N)C(=O)NC(N)=O)cc(Br)c1OCc1ccc([N+](=O)[O-])cc1. The number of urea groups is 1. The van der Waals surface area contributed by atoms with Crippen LogP contribution in [0.2, 0.25) is 0 Å². The molecule has 0 bridgehead atoms. The molecular weight excluding hydrogens is 472 g/mol. The zero-order chi connectivity index (χ0) is 23.0. The number of nitrogens with two attached hydrogens (primary N) is 1. The van der Waals surface area contributed by atoms with Gasteiger partial charge in [0.25, 0.3) is 11.6 Å². The van der Waals surface area contributed by atoms with Crippen molar-refractivity contribution in [2.45, 2.75) is 13.5 Å². The summed E-state index contributed by atoms with van der Waals surface area (Å²) in [4.78, 5) is 33.0. The Hall–Kier alpha value is -3.91. The van der Waals surface area contributed by atoms with Gasteiger partial charge in [0.15, 0.2) is 11.5 Å². The van der Waals surface area contributed by atoms with Gasteiger partial charge in [0.2, 0.25) is 0 Å². The maximum atomic E-state index is 11.9. The van der Waals surface area contributed by atoms with Gasteiger partial charge in [0, 0.05) is 12.1 Å². The summed E-state index contributed by atoms with van der Waals surface area (Å²) >= 11 is 3.38. The molecule has 0 saturated heterocycles. The molecule has 10 nitrogen and oxygen atoms in total. The number of nitriles is 1. The van der Waals surface area contributed by atoms with Gasteiger partial charge in [0.05, 0.1) is 16.0 Å². The Morgan fingerprint density at radius 2 is 1.97 bits per heavy atom. The van der Waals surface area contributed by atoms with Crippen LogP contribution in [0.5, 0.6) is 11.5 Å². The Balaban J connectivity index is 2.30. The number of hydrogen-bond acceptors (Lipinski definition) is 7. The van der Waals surface area contributed by atoms with Crippen molar-refractivity contribution >= 4 is 39.6 Å². The first kappa shape index (κ1) is 23.4. The van der Waals surface area contributed by atoms with E-state index in [9.17, 15) is 25.0 Å². The second kappa shape index (κ2) is 10.7. The van der Waals surface area contributed by atoms with Gasteiger partial charge in [-0.2, -0.15) is 5.26 Å². The highest BCUT2D eigenvalue weighted by Gasteiger charge is 2.15. The average Bonchev–Trinajstić information content (AvgIpc) is 2.71. The first-order chi connectivity index (χ1) is 14.7. The van der Waals surface area contributed by atoms with E-state index in [0.29, 0.717) is 33.7 Å². The van der Waals surface area contributed by atoms with Crippen LogP contribution in [0.25, 0.3) is 6.08 Å². The van der Waals surface area contributed by atoms with E-state index in [2.05, 4.69) is 15.9 Å². The third-order valence-electron chi connectivity index (χ3n) is 3.77. The van der Waals surface area contributed by atoms with Crippen LogP contribution in [-0.2, 0) is 11.4 Å². The monoisotopic (exact) mass is 488 g/mol. The standard InChI is InChI=1S/C20H17BrN4O6/c1-2-30-17-9-13(7-14(10-22)19(26)24-20(23)27)8-16(21)18(17)31-11-12-3-5-15(6-4-12)25(28)29/h3-9H,2,11H2,1H3,(H3,23,24,26,27)/b14-7-. The lowest BCUT2D eigenvalue weighted by molar-refractivity contribution is -0.384. The Kier molecular flexibility index (Phi) is 8.10. The first-order valence-corrected chi connectivity index (χ1v) is 9.59. The highest BCUT2D eigenvalue weighted by molar-refractivity contribution is 9.10. The number of nitro benzene ring substituents is 1. The maximum Gasteiger partial charge on any atom is 0.319 e. The average molecular weight is 489 g/mol. The number of amides is 3. The molecule has 0 aliphatic carbocycles. The molecule has 0 atom stereocenters. The molecule has 2 aromatic carbocycles. The second-order valence-corrected chi connectivity index (χ2v) is 6.82. The number of non-ortho nitro benzene ring substituents is 1. The molecule has 0 fully saturated rings. The van der Waals surface area contributed by atoms with Crippen molar-refractivity contribution < 1.29 is 24.0 Å².